The zero-order valence-electron chi connectivity index (χ0n) is 14.2. The maximum atomic E-state index is 11.5. The molecule has 0 N–H and O–H groups in total. The fraction of sp³-hybridized carbons (Fsp3) is 0.421. The summed E-state index contributed by atoms with van der Waals surface area (Å²) in [6.45, 7) is 3.30. The second kappa shape index (κ2) is 6.96. The molecule has 2 aliphatic heterocycles. The highest BCUT2D eigenvalue weighted by molar-refractivity contribution is 7.10. The summed E-state index contributed by atoms with van der Waals surface area (Å²) in [5.74, 6) is 0.616. The van der Waals surface area contributed by atoms with Gasteiger partial charge in [0.15, 0.2) is 6.10 Å². The Kier molecular flexibility index (Phi) is 4.53. The average molecular weight is 355 g/mol. The van der Waals surface area contributed by atoms with Gasteiger partial charge in [0, 0.05) is 37.7 Å². The fourth-order valence-electron chi connectivity index (χ4n) is 3.42. The van der Waals surface area contributed by atoms with Gasteiger partial charge in [-0.2, -0.15) is 0 Å². The number of hydrogen-bond acceptors (Lipinski definition) is 5. The predicted molar refractivity (Wildman–Crippen MR) is 97.8 cm³/mol. The quantitative estimate of drug-likeness (QED) is 0.843. The Bertz CT molecular complexity index is 779. The monoisotopic (exact) mass is 355 g/mol. The second-order valence-electron chi connectivity index (χ2n) is 6.60. The van der Waals surface area contributed by atoms with Gasteiger partial charge in [-0.05, 0) is 18.4 Å². The molecule has 6 heteroatoms. The highest BCUT2D eigenvalue weighted by atomic mass is 32.1. The molecule has 3 heterocycles. The lowest BCUT2D eigenvalue weighted by atomic mass is 9.97. The van der Waals surface area contributed by atoms with Crippen LogP contribution in [-0.2, 0) is 9.63 Å². The molecule has 1 aromatic heterocycles. The number of benzene rings is 1. The van der Waals surface area contributed by atoms with Crippen molar-refractivity contribution in [3.8, 4) is 0 Å². The molecule has 0 bridgehead atoms. The van der Waals surface area contributed by atoms with Crippen LogP contribution in [0.3, 0.4) is 0 Å². The Morgan fingerprint density at radius 1 is 1.24 bits per heavy atom. The van der Waals surface area contributed by atoms with E-state index in [0.717, 1.165) is 54.3 Å². The van der Waals surface area contributed by atoms with Crippen LogP contribution in [0, 0.1) is 0 Å². The van der Waals surface area contributed by atoms with Gasteiger partial charge < -0.3 is 9.74 Å². The van der Waals surface area contributed by atoms with E-state index in [1.807, 2.05) is 23.1 Å². The van der Waals surface area contributed by atoms with Crippen molar-refractivity contribution < 1.29 is 9.63 Å². The Hall–Kier alpha value is -2.21. The largest absolute Gasteiger partial charge is 0.387 e. The first-order valence-electron chi connectivity index (χ1n) is 8.69. The number of oxime groups is 1. The smallest absolute Gasteiger partial charge is 0.219 e. The number of hydrogen-bond donors (Lipinski definition) is 0. The van der Waals surface area contributed by atoms with Gasteiger partial charge >= 0.3 is 0 Å². The molecule has 1 atom stereocenters. The van der Waals surface area contributed by atoms with Gasteiger partial charge in [-0.3, -0.25) is 4.79 Å². The van der Waals surface area contributed by atoms with E-state index in [1.54, 1.807) is 18.3 Å². The van der Waals surface area contributed by atoms with E-state index in [0.29, 0.717) is 5.92 Å². The zero-order valence-corrected chi connectivity index (χ0v) is 15.0. The summed E-state index contributed by atoms with van der Waals surface area (Å²) in [7, 11) is 0. The van der Waals surface area contributed by atoms with E-state index in [1.165, 1.54) is 0 Å². The van der Waals surface area contributed by atoms with E-state index in [-0.39, 0.29) is 12.0 Å². The lowest BCUT2D eigenvalue weighted by Gasteiger charge is -2.30. The number of aromatic nitrogens is 1. The molecule has 1 aromatic carbocycles. The van der Waals surface area contributed by atoms with Crippen LogP contribution >= 0.6 is 11.3 Å². The highest BCUT2D eigenvalue weighted by Gasteiger charge is 2.28. The van der Waals surface area contributed by atoms with Gasteiger partial charge in [-0.1, -0.05) is 35.5 Å². The van der Waals surface area contributed by atoms with Crippen molar-refractivity contribution in [3.63, 3.8) is 0 Å². The Morgan fingerprint density at radius 2 is 2.00 bits per heavy atom. The summed E-state index contributed by atoms with van der Waals surface area (Å²) in [5.41, 5.74) is 3.01. The molecule has 1 fully saturated rings. The molecule has 25 heavy (non-hydrogen) atoms. The first kappa shape index (κ1) is 16.3. The predicted octanol–water partition coefficient (Wildman–Crippen LogP) is 3.73. The number of rotatable bonds is 3. The molecule has 2 aliphatic rings. The molecule has 0 spiro atoms. The standard InChI is InChI=1S/C19H21N3O2S/c1-13(23)22-9-7-15(8-10-22)19-20-17(12-25-19)16-11-18(24-21-16)14-5-3-2-4-6-14/h2-6,12,15,18H,7-11H2,1H3/t18-/m1/s1. The number of nitrogens with zero attached hydrogens (tertiary/aromatic N) is 3. The van der Waals surface area contributed by atoms with E-state index in [9.17, 15) is 4.79 Å². The van der Waals surface area contributed by atoms with Gasteiger partial charge in [0.1, 0.15) is 5.71 Å². The van der Waals surface area contributed by atoms with E-state index >= 15 is 0 Å². The molecule has 1 amide bonds. The molecular weight excluding hydrogens is 334 g/mol. The number of piperidine rings is 1. The van der Waals surface area contributed by atoms with E-state index in [2.05, 4.69) is 22.7 Å². The third kappa shape index (κ3) is 3.44. The Balaban J connectivity index is 1.40. The number of likely N-dealkylation sites (tertiary alicyclic amines) is 1. The summed E-state index contributed by atoms with van der Waals surface area (Å²) in [5, 5.41) is 7.51. The van der Waals surface area contributed by atoms with E-state index in [4.69, 9.17) is 9.82 Å². The highest BCUT2D eigenvalue weighted by Crippen LogP contribution is 2.33. The van der Waals surface area contributed by atoms with Crippen LogP contribution in [0.4, 0.5) is 0 Å². The second-order valence-corrected chi connectivity index (χ2v) is 7.49. The summed E-state index contributed by atoms with van der Waals surface area (Å²) < 4.78 is 0. The molecule has 0 unspecified atom stereocenters. The lowest BCUT2D eigenvalue weighted by molar-refractivity contribution is -0.129. The zero-order chi connectivity index (χ0) is 17.2. The van der Waals surface area contributed by atoms with Crippen molar-refractivity contribution in [3.05, 3.63) is 52.0 Å². The van der Waals surface area contributed by atoms with Gasteiger partial charge in [-0.25, -0.2) is 4.98 Å². The van der Waals surface area contributed by atoms with Crippen molar-refractivity contribution in [2.45, 2.75) is 38.2 Å². The first-order chi connectivity index (χ1) is 12.2. The number of carbonyl (C=O) groups excluding carboxylic acids is 1. The lowest BCUT2D eigenvalue weighted by Crippen LogP contribution is -2.36. The summed E-state index contributed by atoms with van der Waals surface area (Å²) >= 11 is 1.70. The van der Waals surface area contributed by atoms with Crippen LogP contribution < -0.4 is 0 Å². The molecule has 4 rings (SSSR count). The molecule has 5 nitrogen and oxygen atoms in total. The first-order valence-corrected chi connectivity index (χ1v) is 9.57. The number of carbonyl (C=O) groups is 1. The van der Waals surface area contributed by atoms with Crippen molar-refractivity contribution in [1.29, 1.82) is 0 Å². The molecule has 0 radical (unpaired) electrons. The molecule has 1 saturated heterocycles. The molecule has 2 aromatic rings. The fourth-order valence-corrected chi connectivity index (χ4v) is 4.42. The minimum atomic E-state index is -0.0137. The molecule has 0 aliphatic carbocycles. The van der Waals surface area contributed by atoms with E-state index < -0.39 is 0 Å². The van der Waals surface area contributed by atoms with Crippen LogP contribution in [0.1, 0.15) is 54.5 Å². The van der Waals surface area contributed by atoms with Crippen LogP contribution in [0.5, 0.6) is 0 Å². The maximum absolute atomic E-state index is 11.5. The minimum Gasteiger partial charge on any atom is -0.387 e. The SMILES string of the molecule is CC(=O)N1CCC(c2nc(C3=NO[C@@H](c4ccccc4)C3)cs2)CC1. The third-order valence-corrected chi connectivity index (χ3v) is 5.95. The van der Waals surface area contributed by atoms with Crippen molar-refractivity contribution in [1.82, 2.24) is 9.88 Å². The number of thiazole rings is 1. The molecule has 130 valence electrons. The van der Waals surface area contributed by atoms with Crippen LogP contribution in [0.15, 0.2) is 40.9 Å². The van der Waals surface area contributed by atoms with Crippen molar-refractivity contribution >= 4 is 23.0 Å². The van der Waals surface area contributed by atoms with Crippen LogP contribution in [0.2, 0.25) is 0 Å². The summed E-state index contributed by atoms with van der Waals surface area (Å²) in [6.07, 6.45) is 2.72. The third-order valence-electron chi connectivity index (χ3n) is 4.95. The number of amides is 1. The maximum Gasteiger partial charge on any atom is 0.219 e. The minimum absolute atomic E-state index is 0.0137. The van der Waals surface area contributed by atoms with Gasteiger partial charge in [0.2, 0.25) is 5.91 Å². The molecule has 0 saturated carbocycles. The van der Waals surface area contributed by atoms with Gasteiger partial charge in [0.05, 0.1) is 10.7 Å². The van der Waals surface area contributed by atoms with Crippen LogP contribution in [-0.4, -0.2) is 34.6 Å². The summed E-state index contributed by atoms with van der Waals surface area (Å²) in [6, 6.07) is 10.2. The van der Waals surface area contributed by atoms with Gasteiger partial charge in [-0.15, -0.1) is 11.3 Å². The van der Waals surface area contributed by atoms with Crippen LogP contribution in [0.25, 0.3) is 0 Å². The van der Waals surface area contributed by atoms with Crippen molar-refractivity contribution in [2.24, 2.45) is 5.16 Å². The van der Waals surface area contributed by atoms with Crippen molar-refractivity contribution in [2.75, 3.05) is 13.1 Å². The Morgan fingerprint density at radius 3 is 2.72 bits per heavy atom. The summed E-state index contributed by atoms with van der Waals surface area (Å²) in [4.78, 5) is 23.8. The van der Waals surface area contributed by atoms with Gasteiger partial charge in [0.25, 0.3) is 0 Å². The Labute approximate surface area is 151 Å². The molecular formula is C19H21N3O2S. The average Bonchev–Trinajstić information content (AvgIpc) is 3.32. The normalized spacial score (nSPS) is 21.1. The topological polar surface area (TPSA) is 54.8 Å².